The number of nitrogens with zero attached hydrogens (tertiary/aromatic N) is 5. The quantitative estimate of drug-likeness (QED) is 0.225. The molecule has 2 aromatic heterocycles. The number of carbonyl (C=O) groups is 1. The number of nitrogens with one attached hydrogen (secondary N) is 2. The zero-order chi connectivity index (χ0) is 33.3. The Morgan fingerprint density at radius 3 is 2.38 bits per heavy atom. The van der Waals surface area contributed by atoms with Crippen molar-refractivity contribution in [2.75, 3.05) is 41.8 Å². The van der Waals surface area contributed by atoms with Gasteiger partial charge in [0.2, 0.25) is 0 Å². The Morgan fingerprint density at radius 2 is 1.72 bits per heavy atom. The van der Waals surface area contributed by atoms with E-state index >= 15 is 0 Å². The summed E-state index contributed by atoms with van der Waals surface area (Å²) in [5.41, 5.74) is 3.85. The summed E-state index contributed by atoms with van der Waals surface area (Å²) < 4.78 is 50.6. The Hall–Kier alpha value is -4.84. The molecule has 0 saturated carbocycles. The molecule has 9 nitrogen and oxygen atoms in total. The van der Waals surface area contributed by atoms with Gasteiger partial charge in [-0.05, 0) is 53.3 Å². The Bertz CT molecular complexity index is 1750. The molecule has 1 unspecified atom stereocenters. The van der Waals surface area contributed by atoms with Crippen molar-refractivity contribution in [1.82, 2.24) is 19.4 Å². The van der Waals surface area contributed by atoms with Crippen molar-refractivity contribution in [1.29, 1.82) is 0 Å². The maximum atomic E-state index is 14.4. The Balaban J connectivity index is 1.25. The smallest absolute Gasteiger partial charge is 0.378 e. The molecule has 4 heterocycles. The van der Waals surface area contributed by atoms with Crippen LogP contribution >= 0.6 is 0 Å². The highest BCUT2D eigenvalue weighted by molar-refractivity contribution is 5.94. The Labute approximate surface area is 272 Å². The average Bonchev–Trinajstić information content (AvgIpc) is 3.53. The second-order valence-corrected chi connectivity index (χ2v) is 12.8. The molecular formula is C35H38F3N7O2. The maximum absolute atomic E-state index is 14.4. The molecule has 12 heteroatoms. The van der Waals surface area contributed by atoms with Crippen LogP contribution in [0.4, 0.5) is 30.4 Å². The number of halogens is 3. The first kappa shape index (κ1) is 32.1. The van der Waals surface area contributed by atoms with Gasteiger partial charge in [-0.2, -0.15) is 13.2 Å². The van der Waals surface area contributed by atoms with Gasteiger partial charge in [0.25, 0.3) is 5.91 Å². The van der Waals surface area contributed by atoms with Crippen molar-refractivity contribution >= 4 is 28.8 Å². The fourth-order valence-electron chi connectivity index (χ4n) is 5.78. The number of alkyl halides is 3. The van der Waals surface area contributed by atoms with E-state index in [0.717, 1.165) is 11.3 Å². The van der Waals surface area contributed by atoms with Crippen LogP contribution in [-0.4, -0.2) is 57.8 Å². The Kier molecular flexibility index (Phi) is 8.71. The van der Waals surface area contributed by atoms with E-state index in [1.807, 2.05) is 55.6 Å². The van der Waals surface area contributed by atoms with Crippen molar-refractivity contribution in [2.45, 2.75) is 52.0 Å². The van der Waals surface area contributed by atoms with Gasteiger partial charge in [-0.25, -0.2) is 9.97 Å². The number of rotatable bonds is 7. The number of hydrogen-bond donors (Lipinski definition) is 2. The highest BCUT2D eigenvalue weighted by Gasteiger charge is 2.41. The zero-order valence-electron chi connectivity index (χ0n) is 26.8. The molecule has 0 aliphatic carbocycles. The summed E-state index contributed by atoms with van der Waals surface area (Å²) in [6, 6.07) is 13.5. The second kappa shape index (κ2) is 12.7. The van der Waals surface area contributed by atoms with Crippen LogP contribution in [0.25, 0.3) is 5.70 Å². The van der Waals surface area contributed by atoms with E-state index in [2.05, 4.69) is 20.6 Å². The SMILES string of the molecule is Cc1c(NC(c2ccc(C(C)(C)C)cc2)C(F)(F)F)cccc1N1C=C(Nc2ccc(C(=O)N3CCOCC3)cn2)c2nccn2C1. The summed E-state index contributed by atoms with van der Waals surface area (Å²) in [5.74, 6) is 1.10. The first-order valence-corrected chi connectivity index (χ1v) is 15.5. The summed E-state index contributed by atoms with van der Waals surface area (Å²) in [6.07, 6.45) is 2.42. The van der Waals surface area contributed by atoms with Crippen LogP contribution in [0.2, 0.25) is 0 Å². The number of ether oxygens (including phenoxy) is 1. The van der Waals surface area contributed by atoms with Crippen LogP contribution in [-0.2, 0) is 16.8 Å². The van der Waals surface area contributed by atoms with Gasteiger partial charge >= 0.3 is 6.18 Å². The van der Waals surface area contributed by atoms with Crippen LogP contribution in [0.5, 0.6) is 0 Å². The molecule has 2 aromatic carbocycles. The molecule has 2 aliphatic heterocycles. The molecule has 6 rings (SSSR count). The molecule has 4 aromatic rings. The van der Waals surface area contributed by atoms with Gasteiger partial charge in [-0.1, -0.05) is 51.1 Å². The number of hydrogen-bond acceptors (Lipinski definition) is 7. The lowest BCUT2D eigenvalue weighted by Gasteiger charge is -2.31. The minimum Gasteiger partial charge on any atom is -0.378 e. The third kappa shape index (κ3) is 6.97. The third-order valence-corrected chi connectivity index (χ3v) is 8.47. The highest BCUT2D eigenvalue weighted by Crippen LogP contribution is 2.39. The number of pyridine rings is 1. The molecule has 47 heavy (non-hydrogen) atoms. The molecule has 1 atom stereocenters. The normalized spacial score (nSPS) is 15.9. The molecule has 1 fully saturated rings. The molecule has 2 aliphatic rings. The van der Waals surface area contributed by atoms with Gasteiger partial charge in [0.15, 0.2) is 5.82 Å². The summed E-state index contributed by atoms with van der Waals surface area (Å²) in [4.78, 5) is 25.5. The summed E-state index contributed by atoms with van der Waals surface area (Å²) >= 11 is 0. The molecule has 0 radical (unpaired) electrons. The van der Waals surface area contributed by atoms with E-state index in [-0.39, 0.29) is 16.9 Å². The van der Waals surface area contributed by atoms with Crippen molar-refractivity contribution in [3.05, 3.63) is 107 Å². The maximum Gasteiger partial charge on any atom is 0.412 e. The van der Waals surface area contributed by atoms with Crippen molar-refractivity contribution < 1.29 is 22.7 Å². The number of imidazole rings is 1. The topological polar surface area (TPSA) is 87.6 Å². The lowest BCUT2D eigenvalue weighted by atomic mass is 9.86. The summed E-state index contributed by atoms with van der Waals surface area (Å²) in [7, 11) is 0. The number of amides is 1. The molecular weight excluding hydrogens is 607 g/mol. The second-order valence-electron chi connectivity index (χ2n) is 12.8. The largest absolute Gasteiger partial charge is 0.412 e. The van der Waals surface area contributed by atoms with E-state index in [4.69, 9.17) is 4.74 Å². The zero-order valence-corrected chi connectivity index (χ0v) is 26.8. The summed E-state index contributed by atoms with van der Waals surface area (Å²) in [5, 5.41) is 6.10. The first-order chi connectivity index (χ1) is 22.4. The fraction of sp³-hybridized carbons (Fsp3) is 0.343. The number of anilines is 3. The Morgan fingerprint density at radius 1 is 0.979 bits per heavy atom. The number of carbonyl (C=O) groups excluding carboxylic acids is 1. The van der Waals surface area contributed by atoms with E-state index in [0.29, 0.717) is 67.1 Å². The van der Waals surface area contributed by atoms with Crippen LogP contribution < -0.4 is 15.5 Å². The predicted octanol–water partition coefficient (Wildman–Crippen LogP) is 6.96. The van der Waals surface area contributed by atoms with E-state index < -0.39 is 12.2 Å². The average molecular weight is 646 g/mol. The predicted molar refractivity (Wildman–Crippen MR) is 176 cm³/mol. The van der Waals surface area contributed by atoms with Gasteiger partial charge < -0.3 is 29.7 Å². The number of morpholine rings is 1. The van der Waals surface area contributed by atoms with Gasteiger partial charge in [0, 0.05) is 49.3 Å². The number of benzene rings is 2. The third-order valence-electron chi connectivity index (χ3n) is 8.47. The molecule has 0 spiro atoms. The van der Waals surface area contributed by atoms with Crippen molar-refractivity contribution in [3.8, 4) is 0 Å². The lowest BCUT2D eigenvalue weighted by molar-refractivity contribution is -0.144. The minimum absolute atomic E-state index is 0.0930. The standard InChI is InChI=1S/C35H38F3N7O2/c1-23-27(42-31(35(36,37)38)24-8-11-26(12-9-24)34(2,3)4)6-5-7-29(23)45-21-28(32-39-14-15-44(32)22-45)41-30-13-10-25(20-40-30)33(46)43-16-18-47-19-17-43/h5-15,20-21,31,42H,16-19,22H2,1-4H3,(H,40,41). The van der Waals surface area contributed by atoms with Crippen LogP contribution in [0.15, 0.2) is 79.4 Å². The highest BCUT2D eigenvalue weighted by atomic mass is 19.4. The fourth-order valence-corrected chi connectivity index (χ4v) is 5.78. The van der Waals surface area contributed by atoms with Gasteiger partial charge in [-0.3, -0.25) is 4.79 Å². The van der Waals surface area contributed by atoms with Crippen LogP contribution in [0.1, 0.15) is 59.7 Å². The van der Waals surface area contributed by atoms with Crippen molar-refractivity contribution in [3.63, 3.8) is 0 Å². The van der Waals surface area contributed by atoms with Gasteiger partial charge in [0.05, 0.1) is 24.5 Å². The van der Waals surface area contributed by atoms with Crippen LogP contribution in [0, 0.1) is 6.92 Å². The monoisotopic (exact) mass is 645 g/mol. The van der Waals surface area contributed by atoms with Gasteiger partial charge in [0.1, 0.15) is 18.5 Å². The number of aromatic nitrogens is 3. The molecule has 1 amide bonds. The van der Waals surface area contributed by atoms with Crippen molar-refractivity contribution in [2.24, 2.45) is 0 Å². The minimum atomic E-state index is -4.52. The molecule has 0 bridgehead atoms. The van der Waals surface area contributed by atoms with E-state index in [9.17, 15) is 18.0 Å². The van der Waals surface area contributed by atoms with E-state index in [1.54, 1.807) is 65.8 Å². The molecule has 246 valence electrons. The summed E-state index contributed by atoms with van der Waals surface area (Å²) in [6.45, 7) is 10.4. The lowest BCUT2D eigenvalue weighted by Crippen LogP contribution is -2.40. The van der Waals surface area contributed by atoms with E-state index in [1.165, 1.54) is 0 Å². The van der Waals surface area contributed by atoms with Crippen LogP contribution in [0.3, 0.4) is 0 Å². The molecule has 1 saturated heterocycles. The number of fused-ring (bicyclic) bond motifs is 1. The first-order valence-electron chi connectivity index (χ1n) is 15.5. The van der Waals surface area contributed by atoms with Gasteiger partial charge in [-0.15, -0.1) is 0 Å². The molecule has 2 N–H and O–H groups in total.